The molecule has 1 amide bonds. The van der Waals surface area contributed by atoms with Gasteiger partial charge >= 0.3 is 0 Å². The van der Waals surface area contributed by atoms with Gasteiger partial charge in [0.25, 0.3) is 5.91 Å². The van der Waals surface area contributed by atoms with Gasteiger partial charge in [-0.2, -0.15) is 9.97 Å². The highest BCUT2D eigenvalue weighted by Gasteiger charge is 2.33. The van der Waals surface area contributed by atoms with Crippen LogP contribution in [-0.2, 0) is 30.7 Å². The van der Waals surface area contributed by atoms with Gasteiger partial charge in [-0.15, -0.1) is 0 Å². The molecule has 2 aliphatic heterocycles. The third-order valence-corrected chi connectivity index (χ3v) is 8.74. The molecule has 3 aliphatic rings. The third-order valence-electron chi connectivity index (χ3n) is 8.74. The van der Waals surface area contributed by atoms with Crippen LogP contribution in [0, 0.1) is 5.82 Å². The number of nitrogen functional groups attached to an aromatic ring is 1. The lowest BCUT2D eigenvalue weighted by Gasteiger charge is -2.31. The fourth-order valence-corrected chi connectivity index (χ4v) is 6.28. The predicted molar refractivity (Wildman–Crippen MR) is 165 cm³/mol. The summed E-state index contributed by atoms with van der Waals surface area (Å²) in [6.45, 7) is 4.30. The molecule has 7 rings (SSSR count). The number of carbonyl (C=O) groups excluding carboxylic acids is 1. The zero-order chi connectivity index (χ0) is 30.2. The van der Waals surface area contributed by atoms with E-state index in [1.807, 2.05) is 6.07 Å². The maximum absolute atomic E-state index is 15.2. The summed E-state index contributed by atoms with van der Waals surface area (Å²) in [5, 5.41) is 10.5. The Morgan fingerprint density at radius 3 is 2.50 bits per heavy atom. The number of rotatable bonds is 8. The minimum absolute atomic E-state index is 0.0692. The second-order valence-corrected chi connectivity index (χ2v) is 11.8. The molecule has 3 aromatic carbocycles. The maximum Gasteiger partial charge on any atom is 0.261 e. The Hall–Kier alpha value is -4.25. The van der Waals surface area contributed by atoms with E-state index in [1.54, 1.807) is 23.1 Å². The lowest BCUT2D eigenvalue weighted by molar-refractivity contribution is 0.0342. The Balaban J connectivity index is 1.14. The molecule has 10 heteroatoms. The average Bonchev–Trinajstić information content (AvgIpc) is 3.88. The summed E-state index contributed by atoms with van der Waals surface area (Å²) >= 11 is 0. The summed E-state index contributed by atoms with van der Waals surface area (Å²) < 4.78 is 20.7. The Bertz CT molecular complexity index is 1700. The van der Waals surface area contributed by atoms with Crippen LogP contribution < -0.4 is 10.6 Å². The minimum Gasteiger partial charge on any atom is -0.392 e. The van der Waals surface area contributed by atoms with Crippen molar-refractivity contribution in [1.29, 1.82) is 0 Å². The molecule has 0 spiro atoms. The number of amides is 1. The molecular weight excluding hydrogens is 559 g/mol. The van der Waals surface area contributed by atoms with Gasteiger partial charge in [0.15, 0.2) is 5.82 Å². The van der Waals surface area contributed by atoms with Crippen LogP contribution in [0.4, 0.5) is 16.0 Å². The molecule has 1 aliphatic carbocycles. The quantitative estimate of drug-likeness (QED) is 0.311. The fraction of sp³-hybridized carbons (Fsp3) is 0.353. The summed E-state index contributed by atoms with van der Waals surface area (Å²) in [7, 11) is 0. The van der Waals surface area contributed by atoms with Crippen molar-refractivity contribution in [2.75, 3.05) is 43.5 Å². The molecule has 3 heterocycles. The third kappa shape index (κ3) is 5.80. The Morgan fingerprint density at radius 1 is 0.977 bits per heavy atom. The van der Waals surface area contributed by atoms with Crippen LogP contribution in [0.5, 0.6) is 0 Å². The van der Waals surface area contributed by atoms with Gasteiger partial charge in [-0.1, -0.05) is 42.5 Å². The summed E-state index contributed by atoms with van der Waals surface area (Å²) in [5.74, 6) is 0.389. The minimum atomic E-state index is -0.482. The van der Waals surface area contributed by atoms with Gasteiger partial charge in [-0.3, -0.25) is 9.69 Å². The first-order valence-electron chi connectivity index (χ1n) is 15.2. The number of anilines is 2. The number of hydrogen-bond acceptors (Lipinski definition) is 8. The molecular formula is C34H35FN6O3. The molecule has 9 nitrogen and oxygen atoms in total. The molecule has 4 aromatic rings. The van der Waals surface area contributed by atoms with Crippen LogP contribution in [0.2, 0.25) is 0 Å². The molecule has 2 fully saturated rings. The smallest absolute Gasteiger partial charge is 0.261 e. The number of aromatic nitrogens is 3. The monoisotopic (exact) mass is 594 g/mol. The molecule has 44 heavy (non-hydrogen) atoms. The van der Waals surface area contributed by atoms with Crippen molar-refractivity contribution >= 4 is 17.5 Å². The highest BCUT2D eigenvalue weighted by molar-refractivity contribution is 6.09. The van der Waals surface area contributed by atoms with Crippen LogP contribution in [0.1, 0.15) is 62.8 Å². The largest absolute Gasteiger partial charge is 0.392 e. The van der Waals surface area contributed by atoms with Gasteiger partial charge in [-0.05, 0) is 59.6 Å². The number of hydrogen-bond donors (Lipinski definition) is 2. The van der Waals surface area contributed by atoms with Crippen LogP contribution >= 0.6 is 0 Å². The number of aliphatic hydroxyl groups is 1. The van der Waals surface area contributed by atoms with Crippen molar-refractivity contribution < 1.29 is 19.0 Å². The first-order chi connectivity index (χ1) is 21.5. The van der Waals surface area contributed by atoms with Crippen LogP contribution in [0.3, 0.4) is 0 Å². The van der Waals surface area contributed by atoms with Crippen molar-refractivity contribution in [2.45, 2.75) is 44.8 Å². The van der Waals surface area contributed by atoms with Gasteiger partial charge in [0.2, 0.25) is 5.95 Å². The van der Waals surface area contributed by atoms with E-state index in [1.165, 1.54) is 11.6 Å². The zero-order valence-corrected chi connectivity index (χ0v) is 24.5. The van der Waals surface area contributed by atoms with E-state index in [9.17, 15) is 9.90 Å². The fourth-order valence-electron chi connectivity index (χ4n) is 6.28. The zero-order valence-electron chi connectivity index (χ0n) is 24.5. The molecule has 0 atom stereocenters. The van der Waals surface area contributed by atoms with Gasteiger partial charge in [0.05, 0.1) is 31.1 Å². The standard InChI is InChI=1S/C34H35FN6O3/c35-28-18-25(23-8-9-23)17-24-10-11-41(33(43)31(24)28)29-3-1-2-26(27(29)20-42)32-37-30(38-34(36)39-32)16-21-4-6-22(7-5-21)19-40-12-14-44-15-13-40/h1-7,17-18,23,42H,8-16,19-20H2,(H2,36,37,38,39). The van der Waals surface area contributed by atoms with Crippen molar-refractivity contribution in [3.05, 3.63) is 99.6 Å². The van der Waals surface area contributed by atoms with Gasteiger partial charge in [-0.25, -0.2) is 9.37 Å². The van der Waals surface area contributed by atoms with Crippen molar-refractivity contribution in [1.82, 2.24) is 19.9 Å². The summed E-state index contributed by atoms with van der Waals surface area (Å²) in [4.78, 5) is 31.0. The molecule has 226 valence electrons. The Labute approximate surface area is 255 Å². The number of benzene rings is 3. The Morgan fingerprint density at radius 2 is 1.75 bits per heavy atom. The van der Waals surface area contributed by atoms with Gasteiger partial charge in [0, 0.05) is 43.7 Å². The average molecular weight is 595 g/mol. The number of halogens is 1. The SMILES string of the molecule is Nc1nc(Cc2ccc(CN3CCOCC3)cc2)nc(-c2cccc(N3CCc4cc(C5CC5)cc(F)c4C3=O)c2CO)n1. The van der Waals surface area contributed by atoms with E-state index < -0.39 is 11.7 Å². The van der Waals surface area contributed by atoms with E-state index in [-0.39, 0.29) is 18.1 Å². The Kier molecular flexibility index (Phi) is 7.80. The second kappa shape index (κ2) is 12.0. The van der Waals surface area contributed by atoms with E-state index in [0.29, 0.717) is 53.8 Å². The first kappa shape index (κ1) is 28.5. The molecule has 1 saturated heterocycles. The van der Waals surface area contributed by atoms with E-state index in [0.717, 1.165) is 62.4 Å². The topological polar surface area (TPSA) is 118 Å². The molecule has 3 N–H and O–H groups in total. The number of aliphatic hydroxyl groups excluding tert-OH is 1. The molecule has 0 radical (unpaired) electrons. The van der Waals surface area contributed by atoms with Crippen molar-refractivity contribution in [3.8, 4) is 11.4 Å². The van der Waals surface area contributed by atoms with Crippen LogP contribution in [0.15, 0.2) is 54.6 Å². The molecule has 0 bridgehead atoms. The number of nitrogens with two attached hydrogens (primary N) is 1. The van der Waals surface area contributed by atoms with Crippen LogP contribution in [-0.4, -0.2) is 63.7 Å². The van der Waals surface area contributed by atoms with Crippen molar-refractivity contribution in [3.63, 3.8) is 0 Å². The molecule has 0 unspecified atom stereocenters. The van der Waals surface area contributed by atoms with Crippen molar-refractivity contribution in [2.24, 2.45) is 0 Å². The number of nitrogens with zero attached hydrogens (tertiary/aromatic N) is 5. The van der Waals surface area contributed by atoms with E-state index in [2.05, 4.69) is 39.1 Å². The summed E-state index contributed by atoms with van der Waals surface area (Å²) in [6, 6.07) is 17.2. The predicted octanol–water partition coefficient (Wildman–Crippen LogP) is 4.26. The summed E-state index contributed by atoms with van der Waals surface area (Å²) in [6.07, 6.45) is 3.11. The number of carbonyl (C=O) groups is 1. The number of ether oxygens (including phenoxy) is 1. The number of morpholine rings is 1. The lowest BCUT2D eigenvalue weighted by atomic mass is 9.93. The molecule has 1 aromatic heterocycles. The van der Waals surface area contributed by atoms with E-state index >= 15 is 4.39 Å². The first-order valence-corrected chi connectivity index (χ1v) is 15.2. The second-order valence-electron chi connectivity index (χ2n) is 11.8. The normalized spacial score (nSPS) is 17.1. The maximum atomic E-state index is 15.2. The van der Waals surface area contributed by atoms with E-state index in [4.69, 9.17) is 15.5 Å². The van der Waals surface area contributed by atoms with Crippen LogP contribution in [0.25, 0.3) is 11.4 Å². The van der Waals surface area contributed by atoms with Gasteiger partial charge < -0.3 is 20.5 Å². The number of fused-ring (bicyclic) bond motifs is 1. The lowest BCUT2D eigenvalue weighted by Crippen LogP contribution is -2.39. The van der Waals surface area contributed by atoms with Gasteiger partial charge in [0.1, 0.15) is 11.6 Å². The highest BCUT2D eigenvalue weighted by atomic mass is 19.1. The summed E-state index contributed by atoms with van der Waals surface area (Å²) in [5.41, 5.74) is 11.8. The molecule has 1 saturated carbocycles. The highest BCUT2D eigenvalue weighted by Crippen LogP contribution is 2.42.